The summed E-state index contributed by atoms with van der Waals surface area (Å²) >= 11 is 0. The zero-order valence-corrected chi connectivity index (χ0v) is 12.9. The summed E-state index contributed by atoms with van der Waals surface area (Å²) in [5, 5.41) is 0. The Morgan fingerprint density at radius 3 is 2.76 bits per heavy atom. The van der Waals surface area contributed by atoms with E-state index in [4.69, 9.17) is 10.6 Å². The Labute approximate surface area is 126 Å². The van der Waals surface area contributed by atoms with Crippen LogP contribution in [0.15, 0.2) is 36.7 Å². The van der Waals surface area contributed by atoms with E-state index < -0.39 is 0 Å². The van der Waals surface area contributed by atoms with Gasteiger partial charge in [-0.05, 0) is 49.9 Å². The van der Waals surface area contributed by atoms with Gasteiger partial charge in [0.05, 0.1) is 18.8 Å². The molecular weight excluding hydrogens is 262 g/mol. The molecule has 1 heterocycles. The molecule has 1 atom stereocenters. The molecule has 0 spiro atoms. The summed E-state index contributed by atoms with van der Waals surface area (Å²) in [6, 6.07) is 8.48. The van der Waals surface area contributed by atoms with Crippen molar-refractivity contribution in [3.63, 3.8) is 0 Å². The van der Waals surface area contributed by atoms with Crippen LogP contribution >= 0.6 is 0 Å². The third-order valence-electron chi connectivity index (χ3n) is 3.58. The van der Waals surface area contributed by atoms with Gasteiger partial charge in [0.2, 0.25) is 0 Å². The number of benzene rings is 1. The maximum atomic E-state index is 5.75. The second-order valence-electron chi connectivity index (χ2n) is 5.24. The standard InChI is InChI=1S/C17H23N3O/c1-4-21-16-8-15(10-19-11-16)17(20-18)9-14-7-12(2)5-6-13(14)3/h5-8,10-11,17,20H,4,9,18H2,1-3H3. The fourth-order valence-electron chi connectivity index (χ4n) is 2.38. The smallest absolute Gasteiger partial charge is 0.137 e. The Kier molecular flexibility index (Phi) is 5.31. The normalized spacial score (nSPS) is 12.2. The lowest BCUT2D eigenvalue weighted by Gasteiger charge is -2.18. The monoisotopic (exact) mass is 285 g/mol. The number of hydrazine groups is 1. The van der Waals surface area contributed by atoms with Crippen LogP contribution in [-0.2, 0) is 6.42 Å². The largest absolute Gasteiger partial charge is 0.492 e. The first-order valence-corrected chi connectivity index (χ1v) is 7.24. The molecule has 0 amide bonds. The molecule has 0 radical (unpaired) electrons. The average Bonchev–Trinajstić information content (AvgIpc) is 2.49. The molecule has 3 N–H and O–H groups in total. The fraction of sp³-hybridized carbons (Fsp3) is 0.353. The van der Waals surface area contributed by atoms with Crippen molar-refractivity contribution in [3.8, 4) is 5.75 Å². The molecule has 0 bridgehead atoms. The minimum absolute atomic E-state index is 0.0124. The third-order valence-corrected chi connectivity index (χ3v) is 3.58. The van der Waals surface area contributed by atoms with Gasteiger partial charge in [0.1, 0.15) is 5.75 Å². The molecule has 4 nitrogen and oxygen atoms in total. The molecule has 1 aromatic heterocycles. The molecule has 0 saturated heterocycles. The third kappa shape index (κ3) is 4.03. The summed E-state index contributed by atoms with van der Waals surface area (Å²) in [4.78, 5) is 4.23. The predicted octanol–water partition coefficient (Wildman–Crippen LogP) is 2.84. The highest BCUT2D eigenvalue weighted by atomic mass is 16.5. The van der Waals surface area contributed by atoms with E-state index in [2.05, 4.69) is 42.5 Å². The Hall–Kier alpha value is -1.91. The lowest BCUT2D eigenvalue weighted by molar-refractivity contribution is 0.338. The van der Waals surface area contributed by atoms with Gasteiger partial charge in [-0.2, -0.15) is 0 Å². The van der Waals surface area contributed by atoms with Gasteiger partial charge in [0.25, 0.3) is 0 Å². The second-order valence-corrected chi connectivity index (χ2v) is 5.24. The molecule has 2 rings (SSSR count). The van der Waals surface area contributed by atoms with E-state index >= 15 is 0 Å². The molecule has 0 aliphatic rings. The number of hydrogen-bond acceptors (Lipinski definition) is 4. The van der Waals surface area contributed by atoms with Crippen LogP contribution in [0, 0.1) is 13.8 Å². The molecule has 0 aliphatic carbocycles. The first kappa shape index (κ1) is 15.5. The SMILES string of the molecule is CCOc1cncc(C(Cc2cc(C)ccc2C)NN)c1. The number of nitrogens with two attached hydrogens (primary N) is 1. The number of aryl methyl sites for hydroxylation is 2. The summed E-state index contributed by atoms with van der Waals surface area (Å²) in [7, 11) is 0. The van der Waals surface area contributed by atoms with Crippen LogP contribution in [0.5, 0.6) is 5.75 Å². The van der Waals surface area contributed by atoms with E-state index in [0.29, 0.717) is 6.61 Å². The van der Waals surface area contributed by atoms with Crippen LogP contribution in [0.2, 0.25) is 0 Å². The molecule has 2 aromatic rings. The molecular formula is C17H23N3O. The van der Waals surface area contributed by atoms with E-state index in [1.807, 2.05) is 19.2 Å². The van der Waals surface area contributed by atoms with Gasteiger partial charge in [-0.15, -0.1) is 0 Å². The molecule has 4 heteroatoms. The number of ether oxygens (including phenoxy) is 1. The minimum Gasteiger partial charge on any atom is -0.492 e. The first-order chi connectivity index (χ1) is 10.1. The van der Waals surface area contributed by atoms with Crippen molar-refractivity contribution in [2.45, 2.75) is 33.2 Å². The molecule has 21 heavy (non-hydrogen) atoms. The van der Waals surface area contributed by atoms with Gasteiger partial charge in [0.15, 0.2) is 0 Å². The Bertz CT molecular complexity index is 598. The van der Waals surface area contributed by atoms with Crippen molar-refractivity contribution < 1.29 is 4.74 Å². The van der Waals surface area contributed by atoms with Crippen molar-refractivity contribution in [3.05, 3.63) is 58.9 Å². The fourth-order valence-corrected chi connectivity index (χ4v) is 2.38. The average molecular weight is 285 g/mol. The van der Waals surface area contributed by atoms with E-state index in [-0.39, 0.29) is 6.04 Å². The van der Waals surface area contributed by atoms with Crippen LogP contribution in [0.4, 0.5) is 0 Å². The van der Waals surface area contributed by atoms with E-state index in [1.165, 1.54) is 16.7 Å². The number of nitrogens with zero attached hydrogens (tertiary/aromatic N) is 1. The molecule has 0 aliphatic heterocycles. The van der Waals surface area contributed by atoms with Gasteiger partial charge in [-0.3, -0.25) is 16.3 Å². The highest BCUT2D eigenvalue weighted by Crippen LogP contribution is 2.23. The maximum Gasteiger partial charge on any atom is 0.137 e. The maximum absolute atomic E-state index is 5.75. The summed E-state index contributed by atoms with van der Waals surface area (Å²) in [6.45, 7) is 6.81. The molecule has 112 valence electrons. The highest BCUT2D eigenvalue weighted by molar-refractivity contribution is 5.33. The van der Waals surface area contributed by atoms with Gasteiger partial charge in [-0.25, -0.2) is 0 Å². The summed E-state index contributed by atoms with van der Waals surface area (Å²) in [5.74, 6) is 6.52. The Balaban J connectivity index is 2.23. The number of aromatic nitrogens is 1. The van der Waals surface area contributed by atoms with E-state index in [9.17, 15) is 0 Å². The van der Waals surface area contributed by atoms with Gasteiger partial charge in [0, 0.05) is 6.20 Å². The van der Waals surface area contributed by atoms with Gasteiger partial charge >= 0.3 is 0 Å². The molecule has 1 unspecified atom stereocenters. The summed E-state index contributed by atoms with van der Waals surface area (Å²) in [6.07, 6.45) is 4.37. The zero-order chi connectivity index (χ0) is 15.2. The zero-order valence-electron chi connectivity index (χ0n) is 12.9. The van der Waals surface area contributed by atoms with Crippen LogP contribution in [0.25, 0.3) is 0 Å². The predicted molar refractivity (Wildman–Crippen MR) is 85.1 cm³/mol. The van der Waals surface area contributed by atoms with Crippen LogP contribution in [0.1, 0.15) is 35.2 Å². The number of rotatable bonds is 6. The molecule has 1 aromatic carbocycles. The molecule has 0 saturated carbocycles. The molecule has 0 fully saturated rings. The van der Waals surface area contributed by atoms with Crippen molar-refractivity contribution in [1.29, 1.82) is 0 Å². The summed E-state index contributed by atoms with van der Waals surface area (Å²) in [5.41, 5.74) is 7.74. The van der Waals surface area contributed by atoms with Crippen molar-refractivity contribution in [1.82, 2.24) is 10.4 Å². The number of nitrogens with one attached hydrogen (secondary N) is 1. The lowest BCUT2D eigenvalue weighted by atomic mass is 9.96. The van der Waals surface area contributed by atoms with E-state index in [1.54, 1.807) is 6.20 Å². The van der Waals surface area contributed by atoms with Crippen molar-refractivity contribution in [2.75, 3.05) is 6.61 Å². The second kappa shape index (κ2) is 7.20. The number of pyridine rings is 1. The van der Waals surface area contributed by atoms with Crippen LogP contribution < -0.4 is 16.0 Å². The summed E-state index contributed by atoms with van der Waals surface area (Å²) < 4.78 is 5.50. The van der Waals surface area contributed by atoms with Gasteiger partial charge in [-0.1, -0.05) is 23.8 Å². The van der Waals surface area contributed by atoms with Gasteiger partial charge < -0.3 is 4.74 Å². The van der Waals surface area contributed by atoms with Crippen LogP contribution in [0.3, 0.4) is 0 Å². The Morgan fingerprint density at radius 1 is 1.24 bits per heavy atom. The lowest BCUT2D eigenvalue weighted by Crippen LogP contribution is -2.30. The van der Waals surface area contributed by atoms with Crippen molar-refractivity contribution in [2.24, 2.45) is 5.84 Å². The first-order valence-electron chi connectivity index (χ1n) is 7.24. The topological polar surface area (TPSA) is 60.2 Å². The van der Waals surface area contributed by atoms with Crippen LogP contribution in [-0.4, -0.2) is 11.6 Å². The Morgan fingerprint density at radius 2 is 2.05 bits per heavy atom. The van der Waals surface area contributed by atoms with Crippen molar-refractivity contribution >= 4 is 0 Å². The highest BCUT2D eigenvalue weighted by Gasteiger charge is 2.13. The minimum atomic E-state index is 0.0124. The quantitative estimate of drug-likeness (QED) is 0.633. The number of hydrogen-bond donors (Lipinski definition) is 2. The van der Waals surface area contributed by atoms with E-state index in [0.717, 1.165) is 17.7 Å².